The normalized spacial score (nSPS) is 15.8. The van der Waals surface area contributed by atoms with Crippen LogP contribution in [-0.2, 0) is 17.8 Å². The second-order valence-electron chi connectivity index (χ2n) is 6.53. The van der Waals surface area contributed by atoms with Crippen molar-refractivity contribution < 1.29 is 13.9 Å². The Bertz CT molecular complexity index is 778. The van der Waals surface area contributed by atoms with E-state index in [0.29, 0.717) is 19.1 Å². The van der Waals surface area contributed by atoms with Crippen LogP contribution in [0.1, 0.15) is 18.1 Å². The Morgan fingerprint density at radius 3 is 2.80 bits per heavy atom. The Balaban J connectivity index is 1.66. The third kappa shape index (κ3) is 3.60. The van der Waals surface area contributed by atoms with Crippen LogP contribution in [0.4, 0.5) is 10.1 Å². The summed E-state index contributed by atoms with van der Waals surface area (Å²) in [5.74, 6) is -0.192. The minimum absolute atomic E-state index is 0.0137. The molecule has 4 nitrogen and oxygen atoms in total. The summed E-state index contributed by atoms with van der Waals surface area (Å²) in [4.78, 5) is 16.4. The molecule has 1 aliphatic rings. The number of rotatable bonds is 5. The van der Waals surface area contributed by atoms with Gasteiger partial charge < -0.3 is 14.5 Å². The van der Waals surface area contributed by atoms with Gasteiger partial charge in [0.1, 0.15) is 0 Å². The highest BCUT2D eigenvalue weighted by atomic mass is 19.1. The lowest BCUT2D eigenvalue weighted by atomic mass is 10.1. The summed E-state index contributed by atoms with van der Waals surface area (Å²) in [6.07, 6.45) is 0.955. The zero-order chi connectivity index (χ0) is 18.0. The van der Waals surface area contributed by atoms with E-state index in [1.807, 2.05) is 12.1 Å². The lowest BCUT2D eigenvalue weighted by molar-refractivity contribution is -0.129. The van der Waals surface area contributed by atoms with Crippen molar-refractivity contribution >= 4 is 11.6 Å². The van der Waals surface area contributed by atoms with Crippen LogP contribution in [0.25, 0.3) is 0 Å². The first kappa shape index (κ1) is 17.3. The van der Waals surface area contributed by atoms with Gasteiger partial charge in [0.25, 0.3) is 0 Å². The van der Waals surface area contributed by atoms with Gasteiger partial charge in [-0.05, 0) is 42.7 Å². The summed E-state index contributed by atoms with van der Waals surface area (Å²) >= 11 is 0. The maximum atomic E-state index is 13.8. The van der Waals surface area contributed by atoms with Crippen molar-refractivity contribution in [2.45, 2.75) is 25.9 Å². The fraction of sp³-hybridized carbons (Fsp3) is 0.350. The number of likely N-dealkylation sites (N-methyl/N-ethyl adjacent to an activating group) is 1. The van der Waals surface area contributed by atoms with Gasteiger partial charge in [-0.15, -0.1) is 0 Å². The number of carbonyl (C=O) groups excluding carboxylic acids is 1. The number of methoxy groups -OCH3 is 1. The van der Waals surface area contributed by atoms with Crippen LogP contribution in [-0.4, -0.2) is 37.6 Å². The molecule has 1 aliphatic heterocycles. The van der Waals surface area contributed by atoms with Crippen molar-refractivity contribution in [1.82, 2.24) is 4.90 Å². The molecule has 5 heteroatoms. The van der Waals surface area contributed by atoms with Crippen molar-refractivity contribution in [2.24, 2.45) is 0 Å². The number of halogens is 1. The van der Waals surface area contributed by atoms with Gasteiger partial charge in [0.15, 0.2) is 11.6 Å². The van der Waals surface area contributed by atoms with Crippen LogP contribution in [0, 0.1) is 5.82 Å². The summed E-state index contributed by atoms with van der Waals surface area (Å²) in [6.45, 7) is 2.82. The second-order valence-corrected chi connectivity index (χ2v) is 6.53. The van der Waals surface area contributed by atoms with Gasteiger partial charge in [0.2, 0.25) is 5.91 Å². The number of anilines is 1. The van der Waals surface area contributed by atoms with E-state index in [9.17, 15) is 9.18 Å². The Hall–Kier alpha value is -2.56. The molecule has 1 amide bonds. The van der Waals surface area contributed by atoms with Gasteiger partial charge in [-0.3, -0.25) is 4.79 Å². The minimum Gasteiger partial charge on any atom is -0.494 e. The number of fused-ring (bicyclic) bond motifs is 1. The maximum Gasteiger partial charge on any atom is 0.242 e. The fourth-order valence-corrected chi connectivity index (χ4v) is 3.31. The van der Waals surface area contributed by atoms with E-state index in [4.69, 9.17) is 4.74 Å². The van der Waals surface area contributed by atoms with Crippen LogP contribution in [0.5, 0.6) is 5.75 Å². The molecule has 0 aliphatic carbocycles. The van der Waals surface area contributed by atoms with Crippen molar-refractivity contribution in [2.75, 3.05) is 25.6 Å². The van der Waals surface area contributed by atoms with E-state index in [-0.39, 0.29) is 11.7 Å². The van der Waals surface area contributed by atoms with Crippen LogP contribution < -0.4 is 9.64 Å². The van der Waals surface area contributed by atoms with Gasteiger partial charge >= 0.3 is 0 Å². The summed E-state index contributed by atoms with van der Waals surface area (Å²) in [6, 6.07) is 13.3. The first-order valence-electron chi connectivity index (χ1n) is 8.40. The first-order chi connectivity index (χ1) is 12.0. The number of benzene rings is 2. The largest absolute Gasteiger partial charge is 0.494 e. The molecular weight excluding hydrogens is 319 g/mol. The molecule has 1 heterocycles. The molecule has 2 aromatic carbocycles. The van der Waals surface area contributed by atoms with E-state index in [1.54, 1.807) is 24.1 Å². The predicted octanol–water partition coefficient (Wildman–Crippen LogP) is 3.24. The van der Waals surface area contributed by atoms with E-state index in [2.05, 4.69) is 24.0 Å². The molecule has 0 aromatic heterocycles. The first-order valence-corrected chi connectivity index (χ1v) is 8.40. The maximum absolute atomic E-state index is 13.8. The molecule has 3 rings (SSSR count). The third-order valence-electron chi connectivity index (χ3n) is 4.72. The lowest BCUT2D eigenvalue weighted by Gasteiger charge is -2.27. The average Bonchev–Trinajstić information content (AvgIpc) is 2.90. The molecule has 25 heavy (non-hydrogen) atoms. The Labute approximate surface area is 147 Å². The van der Waals surface area contributed by atoms with Crippen LogP contribution in [0.2, 0.25) is 0 Å². The van der Waals surface area contributed by atoms with E-state index in [1.165, 1.54) is 18.7 Å². The van der Waals surface area contributed by atoms with E-state index in [0.717, 1.165) is 17.7 Å². The number of para-hydroxylation sites is 1. The van der Waals surface area contributed by atoms with Crippen molar-refractivity contribution in [1.29, 1.82) is 0 Å². The fourth-order valence-electron chi connectivity index (χ4n) is 3.31. The number of hydrogen-bond acceptors (Lipinski definition) is 3. The summed E-state index contributed by atoms with van der Waals surface area (Å²) < 4.78 is 18.7. The smallest absolute Gasteiger partial charge is 0.242 e. The molecule has 0 fully saturated rings. The lowest BCUT2D eigenvalue weighted by Crippen LogP contribution is -2.40. The van der Waals surface area contributed by atoms with Crippen LogP contribution in [0.15, 0.2) is 42.5 Å². The van der Waals surface area contributed by atoms with E-state index < -0.39 is 5.82 Å². The van der Waals surface area contributed by atoms with Gasteiger partial charge in [-0.2, -0.15) is 0 Å². The molecule has 0 radical (unpaired) electrons. The van der Waals surface area contributed by atoms with Crippen LogP contribution in [0.3, 0.4) is 0 Å². The summed E-state index contributed by atoms with van der Waals surface area (Å²) in [7, 11) is 3.18. The van der Waals surface area contributed by atoms with Gasteiger partial charge in [-0.1, -0.05) is 24.3 Å². The SMILES string of the molecule is COc1ccc(CN(C)C(=O)CN2c3ccccc3C[C@H]2C)cc1F. The van der Waals surface area contributed by atoms with Crippen molar-refractivity contribution in [3.05, 3.63) is 59.4 Å². The quantitative estimate of drug-likeness (QED) is 0.836. The van der Waals surface area contributed by atoms with E-state index >= 15 is 0 Å². The molecule has 1 atom stereocenters. The van der Waals surface area contributed by atoms with Gasteiger partial charge in [0, 0.05) is 25.3 Å². The molecule has 0 saturated heterocycles. The predicted molar refractivity (Wildman–Crippen MR) is 96.4 cm³/mol. The number of carbonyl (C=O) groups is 1. The van der Waals surface area contributed by atoms with Gasteiger partial charge in [-0.25, -0.2) is 4.39 Å². The molecule has 2 aromatic rings. The van der Waals surface area contributed by atoms with Crippen molar-refractivity contribution in [3.63, 3.8) is 0 Å². The highest BCUT2D eigenvalue weighted by Gasteiger charge is 2.27. The number of ether oxygens (including phenoxy) is 1. The summed E-state index contributed by atoms with van der Waals surface area (Å²) in [5, 5.41) is 0. The number of amides is 1. The standard InChI is InChI=1S/C20H23FN2O2/c1-14-10-16-6-4-5-7-18(16)23(14)13-20(24)22(2)12-15-8-9-19(25-3)17(21)11-15/h4-9,11,14H,10,12-13H2,1-3H3/t14-/m1/s1. The Morgan fingerprint density at radius 1 is 1.32 bits per heavy atom. The molecule has 0 spiro atoms. The van der Waals surface area contributed by atoms with Crippen LogP contribution >= 0.6 is 0 Å². The molecule has 0 unspecified atom stereocenters. The number of hydrogen-bond donors (Lipinski definition) is 0. The second kappa shape index (κ2) is 7.13. The Kier molecular flexibility index (Phi) is 4.93. The Morgan fingerprint density at radius 2 is 2.08 bits per heavy atom. The zero-order valence-corrected chi connectivity index (χ0v) is 14.8. The highest BCUT2D eigenvalue weighted by molar-refractivity contribution is 5.82. The molecule has 0 saturated carbocycles. The molecular formula is C20H23FN2O2. The topological polar surface area (TPSA) is 32.8 Å². The monoisotopic (exact) mass is 342 g/mol. The zero-order valence-electron chi connectivity index (χ0n) is 14.8. The minimum atomic E-state index is -0.414. The molecule has 0 bridgehead atoms. The van der Waals surface area contributed by atoms with Gasteiger partial charge in [0.05, 0.1) is 13.7 Å². The molecule has 132 valence electrons. The number of nitrogens with zero attached hydrogens (tertiary/aromatic N) is 2. The molecule has 0 N–H and O–H groups in total. The third-order valence-corrected chi connectivity index (χ3v) is 4.72. The average molecular weight is 342 g/mol. The highest BCUT2D eigenvalue weighted by Crippen LogP contribution is 2.31. The van der Waals surface area contributed by atoms with Crippen molar-refractivity contribution in [3.8, 4) is 5.75 Å². The summed E-state index contributed by atoms with van der Waals surface area (Å²) in [5.41, 5.74) is 3.15.